The minimum Gasteiger partial charge on any atom is -0.497 e. The van der Waals surface area contributed by atoms with E-state index in [-0.39, 0.29) is 6.04 Å². The molecule has 3 rings (SSSR count). The van der Waals surface area contributed by atoms with Gasteiger partial charge in [-0.15, -0.1) is 0 Å². The Bertz CT molecular complexity index is 751. The van der Waals surface area contributed by atoms with Crippen LogP contribution in [0.25, 0.3) is 5.70 Å². The van der Waals surface area contributed by atoms with Crippen LogP contribution in [0.2, 0.25) is 0 Å². The number of methoxy groups -OCH3 is 1. The second-order valence-electron chi connectivity index (χ2n) is 5.87. The number of anilines is 1. The highest BCUT2D eigenvalue weighted by atomic mass is 32.1. The van der Waals surface area contributed by atoms with Gasteiger partial charge in [0.2, 0.25) is 0 Å². The predicted molar refractivity (Wildman–Crippen MR) is 103 cm³/mol. The smallest absolute Gasteiger partial charge is 0.171 e. The molecule has 0 aliphatic carbocycles. The first-order valence-corrected chi connectivity index (χ1v) is 8.18. The molecule has 1 aliphatic heterocycles. The van der Waals surface area contributed by atoms with Crippen molar-refractivity contribution in [1.29, 1.82) is 0 Å². The van der Waals surface area contributed by atoms with E-state index in [0.29, 0.717) is 5.11 Å². The van der Waals surface area contributed by atoms with Crippen LogP contribution in [0.15, 0.2) is 54.6 Å². The molecule has 1 unspecified atom stereocenters. The molecule has 2 aromatic rings. The van der Waals surface area contributed by atoms with Gasteiger partial charge in [-0.1, -0.05) is 12.1 Å². The molecule has 2 N–H and O–H groups in total. The van der Waals surface area contributed by atoms with Gasteiger partial charge < -0.3 is 20.3 Å². The molecule has 0 saturated heterocycles. The van der Waals surface area contributed by atoms with Gasteiger partial charge in [-0.05, 0) is 65.8 Å². The Balaban J connectivity index is 1.88. The normalized spacial score (nSPS) is 16.7. The molecule has 1 heterocycles. The first kappa shape index (κ1) is 16.3. The largest absolute Gasteiger partial charge is 0.497 e. The van der Waals surface area contributed by atoms with Crippen molar-refractivity contribution >= 4 is 28.7 Å². The fourth-order valence-electron chi connectivity index (χ4n) is 2.65. The van der Waals surface area contributed by atoms with Crippen LogP contribution in [0.5, 0.6) is 5.75 Å². The zero-order valence-electron chi connectivity index (χ0n) is 14.0. The van der Waals surface area contributed by atoms with Crippen LogP contribution in [0.1, 0.15) is 17.2 Å². The summed E-state index contributed by atoms with van der Waals surface area (Å²) in [4.78, 5) is 2.09. The molecule has 0 radical (unpaired) electrons. The third-order valence-corrected chi connectivity index (χ3v) is 4.26. The summed E-state index contributed by atoms with van der Waals surface area (Å²) in [5, 5.41) is 7.17. The Morgan fingerprint density at radius 2 is 1.67 bits per heavy atom. The van der Waals surface area contributed by atoms with Crippen molar-refractivity contribution in [3.63, 3.8) is 0 Å². The van der Waals surface area contributed by atoms with Gasteiger partial charge >= 0.3 is 0 Å². The minimum absolute atomic E-state index is 0.0482. The van der Waals surface area contributed by atoms with Gasteiger partial charge in [0.15, 0.2) is 5.11 Å². The van der Waals surface area contributed by atoms with Crippen LogP contribution in [0.3, 0.4) is 0 Å². The van der Waals surface area contributed by atoms with Crippen LogP contribution < -0.4 is 20.3 Å². The Kier molecular flexibility index (Phi) is 4.71. The van der Waals surface area contributed by atoms with E-state index in [0.717, 1.165) is 17.0 Å². The maximum absolute atomic E-state index is 5.38. The Morgan fingerprint density at radius 1 is 1.00 bits per heavy atom. The average Bonchev–Trinajstić information content (AvgIpc) is 2.61. The van der Waals surface area contributed by atoms with Crippen molar-refractivity contribution in [2.75, 3.05) is 26.1 Å². The monoisotopic (exact) mass is 339 g/mol. The molecule has 2 aromatic carbocycles. The van der Waals surface area contributed by atoms with E-state index in [1.807, 2.05) is 38.4 Å². The van der Waals surface area contributed by atoms with Gasteiger partial charge in [0.05, 0.1) is 13.2 Å². The van der Waals surface area contributed by atoms with Gasteiger partial charge in [0.1, 0.15) is 5.75 Å². The van der Waals surface area contributed by atoms with Crippen LogP contribution in [-0.2, 0) is 0 Å². The molecule has 24 heavy (non-hydrogen) atoms. The zero-order chi connectivity index (χ0) is 17.1. The van der Waals surface area contributed by atoms with E-state index < -0.39 is 0 Å². The Labute approximate surface area is 148 Å². The molecular weight excluding hydrogens is 318 g/mol. The number of hydrogen-bond donors (Lipinski definition) is 2. The SMILES string of the molecule is COc1ccc(C2=CC(c3ccc(N(C)C)cc3)NC(=S)N2)cc1. The first-order chi connectivity index (χ1) is 11.6. The molecule has 1 atom stereocenters. The second-order valence-corrected chi connectivity index (χ2v) is 6.28. The highest BCUT2D eigenvalue weighted by Gasteiger charge is 2.18. The summed E-state index contributed by atoms with van der Waals surface area (Å²) in [5.74, 6) is 0.840. The number of ether oxygens (including phenoxy) is 1. The predicted octanol–water partition coefficient (Wildman–Crippen LogP) is 3.32. The van der Waals surface area contributed by atoms with Gasteiger partial charge in [-0.3, -0.25) is 0 Å². The van der Waals surface area contributed by atoms with E-state index in [4.69, 9.17) is 17.0 Å². The van der Waals surface area contributed by atoms with E-state index in [2.05, 4.69) is 45.9 Å². The summed E-state index contributed by atoms with van der Waals surface area (Å²) in [6.07, 6.45) is 2.16. The van der Waals surface area contributed by atoms with E-state index in [1.54, 1.807) is 7.11 Å². The van der Waals surface area contributed by atoms with Crippen LogP contribution in [0, 0.1) is 0 Å². The van der Waals surface area contributed by atoms with Crippen molar-refractivity contribution in [2.24, 2.45) is 0 Å². The fourth-order valence-corrected chi connectivity index (χ4v) is 2.88. The molecule has 4 nitrogen and oxygen atoms in total. The molecule has 0 saturated carbocycles. The molecule has 0 fully saturated rings. The quantitative estimate of drug-likeness (QED) is 0.836. The molecule has 0 bridgehead atoms. The van der Waals surface area contributed by atoms with E-state index in [1.165, 1.54) is 11.3 Å². The molecule has 5 heteroatoms. The third kappa shape index (κ3) is 3.51. The van der Waals surface area contributed by atoms with Crippen molar-refractivity contribution < 1.29 is 4.74 Å². The molecule has 1 aliphatic rings. The molecular formula is C19H21N3OS. The van der Waals surface area contributed by atoms with Gasteiger partial charge in [-0.25, -0.2) is 0 Å². The number of nitrogens with one attached hydrogen (secondary N) is 2. The summed E-state index contributed by atoms with van der Waals surface area (Å²) in [5.41, 5.74) is 4.43. The van der Waals surface area contributed by atoms with Crippen molar-refractivity contribution in [3.05, 3.63) is 65.7 Å². The second kappa shape index (κ2) is 6.93. The van der Waals surface area contributed by atoms with Crippen molar-refractivity contribution in [2.45, 2.75) is 6.04 Å². The topological polar surface area (TPSA) is 36.5 Å². The highest BCUT2D eigenvalue weighted by molar-refractivity contribution is 7.80. The third-order valence-electron chi connectivity index (χ3n) is 4.04. The summed E-state index contributed by atoms with van der Waals surface area (Å²) >= 11 is 5.38. The molecule has 0 amide bonds. The number of hydrogen-bond acceptors (Lipinski definition) is 3. The van der Waals surface area contributed by atoms with Gasteiger partial charge in [0.25, 0.3) is 0 Å². The molecule has 0 spiro atoms. The lowest BCUT2D eigenvalue weighted by molar-refractivity contribution is 0.415. The minimum atomic E-state index is 0.0482. The summed E-state index contributed by atoms with van der Waals surface area (Å²) < 4.78 is 5.22. The number of nitrogens with zero attached hydrogens (tertiary/aromatic N) is 1. The number of thiocarbonyl (C=S) groups is 1. The lowest BCUT2D eigenvalue weighted by Crippen LogP contribution is -2.40. The maximum Gasteiger partial charge on any atom is 0.171 e. The first-order valence-electron chi connectivity index (χ1n) is 7.78. The van der Waals surface area contributed by atoms with Crippen molar-refractivity contribution in [1.82, 2.24) is 10.6 Å². The maximum atomic E-state index is 5.38. The van der Waals surface area contributed by atoms with Crippen LogP contribution >= 0.6 is 12.2 Å². The van der Waals surface area contributed by atoms with Gasteiger partial charge in [-0.2, -0.15) is 0 Å². The van der Waals surface area contributed by atoms with E-state index in [9.17, 15) is 0 Å². The van der Waals surface area contributed by atoms with Crippen LogP contribution in [-0.4, -0.2) is 26.3 Å². The number of rotatable bonds is 4. The van der Waals surface area contributed by atoms with Gasteiger partial charge in [0, 0.05) is 25.5 Å². The zero-order valence-corrected chi connectivity index (χ0v) is 14.9. The standard InChI is InChI=1S/C19H21N3OS/c1-22(2)15-8-4-13(5-9-15)17-12-18(21-19(24)20-17)14-6-10-16(23-3)11-7-14/h4-12,17H,1-3H3,(H2,20,21,24). The summed E-state index contributed by atoms with van der Waals surface area (Å²) in [7, 11) is 5.74. The Hall–Kier alpha value is -2.53. The molecule has 124 valence electrons. The summed E-state index contributed by atoms with van der Waals surface area (Å²) in [6.45, 7) is 0. The average molecular weight is 339 g/mol. The fraction of sp³-hybridized carbons (Fsp3) is 0.211. The van der Waals surface area contributed by atoms with Crippen molar-refractivity contribution in [3.8, 4) is 5.75 Å². The lowest BCUT2D eigenvalue weighted by Gasteiger charge is -2.26. The molecule has 0 aromatic heterocycles. The number of benzene rings is 2. The highest BCUT2D eigenvalue weighted by Crippen LogP contribution is 2.26. The summed E-state index contributed by atoms with van der Waals surface area (Å²) in [6, 6.07) is 16.5. The lowest BCUT2D eigenvalue weighted by atomic mass is 10.0. The Morgan fingerprint density at radius 3 is 2.25 bits per heavy atom. The van der Waals surface area contributed by atoms with Crippen LogP contribution in [0.4, 0.5) is 5.69 Å². The van der Waals surface area contributed by atoms with E-state index >= 15 is 0 Å².